The van der Waals surface area contributed by atoms with E-state index in [4.69, 9.17) is 9.47 Å². The number of ether oxygens (including phenoxy) is 2. The van der Waals surface area contributed by atoms with Gasteiger partial charge in [0.15, 0.2) is 0 Å². The van der Waals surface area contributed by atoms with Gasteiger partial charge in [-0.2, -0.15) is 0 Å². The van der Waals surface area contributed by atoms with Crippen LogP contribution in [0, 0.1) is 0 Å². The van der Waals surface area contributed by atoms with Crippen molar-refractivity contribution in [1.82, 2.24) is 0 Å². The molecule has 5 nitrogen and oxygen atoms in total. The highest BCUT2D eigenvalue weighted by Crippen LogP contribution is 2.44. The summed E-state index contributed by atoms with van der Waals surface area (Å²) in [6.07, 6.45) is 2.78. The van der Waals surface area contributed by atoms with Crippen LogP contribution < -0.4 is 5.32 Å². The topological polar surface area (TPSA) is 64.6 Å². The van der Waals surface area contributed by atoms with Gasteiger partial charge >= 0.3 is 12.1 Å². The molecule has 1 aliphatic rings. The molecular weight excluding hydrogens is 414 g/mol. The molecule has 1 aliphatic carbocycles. The van der Waals surface area contributed by atoms with Crippen LogP contribution in [-0.4, -0.2) is 18.7 Å². The maximum absolute atomic E-state index is 12.6. The molecule has 0 aliphatic heterocycles. The number of rotatable bonds is 9. The first kappa shape index (κ1) is 22.6. The Bertz CT molecular complexity index is 1080. The van der Waals surface area contributed by atoms with Crippen LogP contribution in [0.4, 0.5) is 10.5 Å². The van der Waals surface area contributed by atoms with Gasteiger partial charge in [-0.15, -0.1) is 0 Å². The van der Waals surface area contributed by atoms with Crippen LogP contribution in [0.5, 0.6) is 0 Å². The predicted octanol–water partition coefficient (Wildman–Crippen LogP) is 6.67. The summed E-state index contributed by atoms with van der Waals surface area (Å²) in [5.74, 6) is -0.220. The molecule has 3 aromatic carbocycles. The highest BCUT2D eigenvalue weighted by molar-refractivity contribution is 5.86. The molecule has 0 aromatic heterocycles. The maximum atomic E-state index is 12.6. The van der Waals surface area contributed by atoms with Gasteiger partial charge in [0, 0.05) is 17.9 Å². The molecule has 3 aromatic rings. The van der Waals surface area contributed by atoms with Gasteiger partial charge in [0.05, 0.1) is 5.69 Å². The molecule has 4 rings (SSSR count). The molecule has 0 saturated heterocycles. The lowest BCUT2D eigenvalue weighted by atomic mass is 9.98. The van der Waals surface area contributed by atoms with Crippen molar-refractivity contribution in [1.29, 1.82) is 0 Å². The second kappa shape index (κ2) is 10.8. The molecular formula is C28H29NO4. The van der Waals surface area contributed by atoms with Gasteiger partial charge in [-0.1, -0.05) is 86.5 Å². The number of amides is 1. The van der Waals surface area contributed by atoms with Gasteiger partial charge in [0.1, 0.15) is 13.2 Å². The highest BCUT2D eigenvalue weighted by Gasteiger charge is 2.29. The first-order chi connectivity index (χ1) is 16.2. The fourth-order valence-corrected chi connectivity index (χ4v) is 4.26. The number of hydrogen-bond donors (Lipinski definition) is 1. The number of anilines is 1. The van der Waals surface area contributed by atoms with E-state index in [1.165, 1.54) is 22.3 Å². The minimum atomic E-state index is -0.529. The molecule has 33 heavy (non-hydrogen) atoms. The number of benzene rings is 3. The van der Waals surface area contributed by atoms with E-state index in [2.05, 4.69) is 36.5 Å². The second-order valence-corrected chi connectivity index (χ2v) is 8.23. The van der Waals surface area contributed by atoms with Crippen molar-refractivity contribution in [3.05, 3.63) is 89.5 Å². The third-order valence-electron chi connectivity index (χ3n) is 5.97. The number of esters is 1. The van der Waals surface area contributed by atoms with Crippen LogP contribution in [0.1, 0.15) is 55.2 Å². The van der Waals surface area contributed by atoms with Crippen molar-refractivity contribution >= 4 is 17.7 Å². The Hall–Kier alpha value is -3.60. The molecule has 1 amide bonds. The lowest BCUT2D eigenvalue weighted by molar-refractivity contribution is -0.145. The number of nitrogens with one attached hydrogen (secondary N) is 1. The van der Waals surface area contributed by atoms with Gasteiger partial charge in [-0.3, -0.25) is 10.1 Å². The van der Waals surface area contributed by atoms with Gasteiger partial charge in [-0.25, -0.2) is 4.79 Å². The Morgan fingerprint density at radius 2 is 1.45 bits per heavy atom. The molecule has 170 valence electrons. The zero-order chi connectivity index (χ0) is 23.0. The predicted molar refractivity (Wildman–Crippen MR) is 129 cm³/mol. The van der Waals surface area contributed by atoms with E-state index in [1.54, 1.807) is 6.07 Å². The number of carbonyl (C=O) groups is 2. The van der Waals surface area contributed by atoms with E-state index in [0.717, 1.165) is 24.8 Å². The SMILES string of the molecule is CCCCCC(=O)OCc1ccccc1NC(=O)OCC1c2ccccc2-c2ccccc21. The smallest absolute Gasteiger partial charge is 0.411 e. The number of carbonyl (C=O) groups excluding carboxylic acids is 2. The van der Waals surface area contributed by atoms with Crippen molar-refractivity contribution in [2.75, 3.05) is 11.9 Å². The third-order valence-corrected chi connectivity index (χ3v) is 5.97. The summed E-state index contributed by atoms with van der Waals surface area (Å²) in [6.45, 7) is 2.45. The summed E-state index contributed by atoms with van der Waals surface area (Å²) in [7, 11) is 0. The minimum absolute atomic E-state index is 0.00229. The standard InChI is InChI=1S/C28H29NO4/c1-2-3-4-17-27(30)32-18-20-11-5-10-16-26(20)29-28(31)33-19-25-23-14-8-6-12-21(23)22-13-7-9-15-24(22)25/h5-16,25H,2-4,17-19H2,1H3,(H,29,31). The molecule has 0 saturated carbocycles. The lowest BCUT2D eigenvalue weighted by Gasteiger charge is -2.16. The van der Waals surface area contributed by atoms with E-state index in [0.29, 0.717) is 12.1 Å². The summed E-state index contributed by atoms with van der Waals surface area (Å²) in [5.41, 5.74) is 6.02. The molecule has 0 heterocycles. The molecule has 0 atom stereocenters. The van der Waals surface area contributed by atoms with Crippen molar-refractivity contribution in [3.8, 4) is 11.1 Å². The summed E-state index contributed by atoms with van der Waals surface area (Å²) >= 11 is 0. The Kier molecular flexibility index (Phi) is 7.40. The third kappa shape index (κ3) is 5.43. The zero-order valence-corrected chi connectivity index (χ0v) is 18.9. The first-order valence-electron chi connectivity index (χ1n) is 11.5. The fourth-order valence-electron chi connectivity index (χ4n) is 4.26. The number of unbranched alkanes of at least 4 members (excludes halogenated alkanes) is 2. The molecule has 1 N–H and O–H groups in total. The van der Waals surface area contributed by atoms with Crippen LogP contribution in [0.3, 0.4) is 0 Å². The van der Waals surface area contributed by atoms with Crippen LogP contribution in [0.2, 0.25) is 0 Å². The molecule has 0 bridgehead atoms. The Balaban J connectivity index is 1.36. The van der Waals surface area contributed by atoms with Crippen molar-refractivity contribution in [3.63, 3.8) is 0 Å². The molecule has 0 radical (unpaired) electrons. The molecule has 5 heteroatoms. The summed E-state index contributed by atoms with van der Waals surface area (Å²) in [5, 5.41) is 2.81. The molecule has 0 unspecified atom stereocenters. The van der Waals surface area contributed by atoms with E-state index in [9.17, 15) is 9.59 Å². The first-order valence-corrected chi connectivity index (χ1v) is 11.5. The Morgan fingerprint density at radius 3 is 2.15 bits per heavy atom. The van der Waals surface area contributed by atoms with Gasteiger partial charge in [0.2, 0.25) is 0 Å². The summed E-state index contributed by atoms with van der Waals surface area (Å²) in [6, 6.07) is 23.8. The lowest BCUT2D eigenvalue weighted by Crippen LogP contribution is -2.19. The van der Waals surface area contributed by atoms with E-state index in [-0.39, 0.29) is 25.1 Å². The van der Waals surface area contributed by atoms with Crippen molar-refractivity contribution in [2.24, 2.45) is 0 Å². The quantitative estimate of drug-likeness (QED) is 0.296. The highest BCUT2D eigenvalue weighted by atomic mass is 16.5. The second-order valence-electron chi connectivity index (χ2n) is 8.23. The van der Waals surface area contributed by atoms with Crippen LogP contribution in [0.25, 0.3) is 11.1 Å². The maximum Gasteiger partial charge on any atom is 0.411 e. The summed E-state index contributed by atoms with van der Waals surface area (Å²) < 4.78 is 11.0. The van der Waals surface area contributed by atoms with Crippen LogP contribution in [-0.2, 0) is 20.9 Å². The average molecular weight is 444 g/mol. The minimum Gasteiger partial charge on any atom is -0.461 e. The normalized spacial score (nSPS) is 12.0. The van der Waals surface area contributed by atoms with Crippen molar-refractivity contribution < 1.29 is 19.1 Å². The molecule has 0 spiro atoms. The van der Waals surface area contributed by atoms with E-state index < -0.39 is 6.09 Å². The Labute approximate surface area is 194 Å². The van der Waals surface area contributed by atoms with Crippen LogP contribution >= 0.6 is 0 Å². The fraction of sp³-hybridized carbons (Fsp3) is 0.286. The van der Waals surface area contributed by atoms with E-state index in [1.807, 2.05) is 42.5 Å². The number of para-hydroxylation sites is 1. The Morgan fingerprint density at radius 1 is 0.818 bits per heavy atom. The largest absolute Gasteiger partial charge is 0.461 e. The monoisotopic (exact) mass is 443 g/mol. The average Bonchev–Trinajstić information content (AvgIpc) is 3.16. The number of fused-ring (bicyclic) bond motifs is 3. The van der Waals surface area contributed by atoms with Gasteiger partial charge in [-0.05, 0) is 34.7 Å². The van der Waals surface area contributed by atoms with Gasteiger partial charge < -0.3 is 9.47 Å². The molecule has 0 fully saturated rings. The number of hydrogen-bond acceptors (Lipinski definition) is 4. The summed E-state index contributed by atoms with van der Waals surface area (Å²) in [4.78, 5) is 24.6. The van der Waals surface area contributed by atoms with Crippen molar-refractivity contribution in [2.45, 2.75) is 45.1 Å². The zero-order valence-electron chi connectivity index (χ0n) is 18.9. The van der Waals surface area contributed by atoms with Crippen LogP contribution in [0.15, 0.2) is 72.8 Å². The van der Waals surface area contributed by atoms with Gasteiger partial charge in [0.25, 0.3) is 0 Å². The van der Waals surface area contributed by atoms with E-state index >= 15 is 0 Å².